The lowest BCUT2D eigenvalue weighted by molar-refractivity contribution is 0.159. The lowest BCUT2D eigenvalue weighted by Gasteiger charge is -2.33. The molecule has 4 heteroatoms. The molecule has 1 N–H and O–H groups in total. The summed E-state index contributed by atoms with van der Waals surface area (Å²) in [4.78, 5) is 7.31. The molecule has 122 valence electrons. The molecule has 0 aromatic heterocycles. The van der Waals surface area contributed by atoms with Crippen LogP contribution in [0, 0.1) is 5.41 Å². The van der Waals surface area contributed by atoms with Gasteiger partial charge in [-0.2, -0.15) is 0 Å². The van der Waals surface area contributed by atoms with E-state index in [0.717, 1.165) is 19.1 Å². The van der Waals surface area contributed by atoms with Crippen LogP contribution in [-0.2, 0) is 0 Å². The summed E-state index contributed by atoms with van der Waals surface area (Å²) in [5, 5.41) is 5.39. The van der Waals surface area contributed by atoms with Crippen LogP contribution in [0.2, 0.25) is 0 Å². The predicted molar refractivity (Wildman–Crippen MR) is 95.3 cm³/mol. The second-order valence-electron chi connectivity index (χ2n) is 7.81. The molecule has 0 amide bonds. The molecule has 2 unspecified atom stereocenters. The fourth-order valence-corrected chi connectivity index (χ4v) is 4.65. The van der Waals surface area contributed by atoms with E-state index in [9.17, 15) is 0 Å². The van der Waals surface area contributed by atoms with E-state index in [-0.39, 0.29) is 0 Å². The molecular formula is C17H33N3S. The van der Waals surface area contributed by atoms with Gasteiger partial charge in [0.1, 0.15) is 0 Å². The Bertz CT molecular complexity index is 348. The molecule has 2 aliphatic heterocycles. The molecule has 1 saturated heterocycles. The fourth-order valence-electron chi connectivity index (χ4n) is 3.27. The Balaban J connectivity index is 1.57. The van der Waals surface area contributed by atoms with Crippen molar-refractivity contribution in [3.8, 4) is 0 Å². The van der Waals surface area contributed by atoms with Gasteiger partial charge >= 0.3 is 0 Å². The van der Waals surface area contributed by atoms with Gasteiger partial charge in [0.2, 0.25) is 0 Å². The van der Waals surface area contributed by atoms with Crippen LogP contribution >= 0.6 is 11.8 Å². The smallest absolute Gasteiger partial charge is 0.156 e. The van der Waals surface area contributed by atoms with Crippen LogP contribution in [0.3, 0.4) is 0 Å². The molecule has 0 aromatic carbocycles. The number of rotatable bonds is 5. The lowest BCUT2D eigenvalue weighted by Crippen LogP contribution is -2.39. The average Bonchev–Trinajstić information content (AvgIpc) is 2.82. The maximum atomic E-state index is 4.66. The Morgan fingerprint density at radius 1 is 1.33 bits per heavy atom. The predicted octanol–water partition coefficient (Wildman–Crippen LogP) is 3.75. The maximum Gasteiger partial charge on any atom is 0.156 e. The zero-order valence-corrected chi connectivity index (χ0v) is 15.1. The van der Waals surface area contributed by atoms with Crippen LogP contribution in [0.1, 0.15) is 59.8 Å². The van der Waals surface area contributed by atoms with Gasteiger partial charge in [0.25, 0.3) is 0 Å². The van der Waals surface area contributed by atoms with Gasteiger partial charge in [-0.05, 0) is 44.6 Å². The Kier molecular flexibility index (Phi) is 6.42. The maximum absolute atomic E-state index is 4.66. The van der Waals surface area contributed by atoms with Crippen LogP contribution in [0.15, 0.2) is 4.99 Å². The first kappa shape index (κ1) is 17.1. The number of likely N-dealkylation sites (tertiary alicyclic amines) is 1. The molecule has 2 aliphatic rings. The number of hydrogen-bond donors (Lipinski definition) is 1. The van der Waals surface area contributed by atoms with Crippen LogP contribution in [-0.4, -0.2) is 47.5 Å². The molecule has 2 heterocycles. The van der Waals surface area contributed by atoms with E-state index >= 15 is 0 Å². The normalized spacial score (nSPS) is 27.7. The zero-order valence-electron chi connectivity index (χ0n) is 14.3. The van der Waals surface area contributed by atoms with Gasteiger partial charge in [-0.15, -0.1) is 0 Å². The molecule has 21 heavy (non-hydrogen) atoms. The van der Waals surface area contributed by atoms with Crippen molar-refractivity contribution < 1.29 is 0 Å². The first-order valence-electron chi connectivity index (χ1n) is 8.63. The molecular weight excluding hydrogens is 278 g/mol. The number of piperidine rings is 1. The standard InChI is InChI=1S/C17H33N3S/c1-14-8-5-6-10-20(14)11-7-9-18-16-19-13-15(21-16)12-17(2,3)4/h14-15H,5-13H2,1-4H3,(H,18,19). The second-order valence-corrected chi connectivity index (χ2v) is 9.10. The minimum Gasteiger partial charge on any atom is -0.365 e. The van der Waals surface area contributed by atoms with Gasteiger partial charge < -0.3 is 10.2 Å². The molecule has 2 rings (SSSR count). The number of nitrogens with one attached hydrogen (secondary N) is 1. The number of amidine groups is 1. The van der Waals surface area contributed by atoms with Crippen molar-refractivity contribution in [1.82, 2.24) is 10.2 Å². The topological polar surface area (TPSA) is 27.6 Å². The van der Waals surface area contributed by atoms with Crippen LogP contribution in [0.5, 0.6) is 0 Å². The average molecular weight is 312 g/mol. The monoisotopic (exact) mass is 311 g/mol. The summed E-state index contributed by atoms with van der Waals surface area (Å²) in [6.07, 6.45) is 6.66. The number of nitrogens with zero attached hydrogens (tertiary/aromatic N) is 2. The third kappa shape index (κ3) is 6.19. The van der Waals surface area contributed by atoms with Crippen molar-refractivity contribution >= 4 is 16.9 Å². The van der Waals surface area contributed by atoms with Gasteiger partial charge in [0.05, 0.1) is 6.54 Å². The van der Waals surface area contributed by atoms with E-state index in [1.54, 1.807) is 0 Å². The third-order valence-corrected chi connectivity index (χ3v) is 5.54. The summed E-state index contributed by atoms with van der Waals surface area (Å²) >= 11 is 1.95. The Morgan fingerprint density at radius 3 is 2.86 bits per heavy atom. The molecule has 0 aromatic rings. The van der Waals surface area contributed by atoms with Crippen molar-refractivity contribution in [2.45, 2.75) is 71.1 Å². The highest BCUT2D eigenvalue weighted by Crippen LogP contribution is 2.31. The summed E-state index contributed by atoms with van der Waals surface area (Å²) in [7, 11) is 0. The molecule has 1 fully saturated rings. The summed E-state index contributed by atoms with van der Waals surface area (Å²) in [6.45, 7) is 13.9. The SMILES string of the molecule is CC1CCCCN1CCCNC1=NCC(CC(C)(C)C)S1. The largest absolute Gasteiger partial charge is 0.365 e. The van der Waals surface area contributed by atoms with E-state index in [1.165, 1.54) is 50.4 Å². The minimum absolute atomic E-state index is 0.410. The Morgan fingerprint density at radius 2 is 2.14 bits per heavy atom. The summed E-state index contributed by atoms with van der Waals surface area (Å²) < 4.78 is 0. The van der Waals surface area contributed by atoms with Crippen molar-refractivity contribution in [3.63, 3.8) is 0 Å². The Labute approximate surface area is 135 Å². The van der Waals surface area contributed by atoms with Crippen LogP contribution in [0.25, 0.3) is 0 Å². The molecule has 0 bridgehead atoms. The summed E-state index contributed by atoms with van der Waals surface area (Å²) in [6, 6.07) is 0.785. The van der Waals surface area contributed by atoms with Crippen molar-refractivity contribution in [2.24, 2.45) is 10.4 Å². The number of aliphatic imine (C=N–C) groups is 1. The van der Waals surface area contributed by atoms with Gasteiger partial charge in [0, 0.05) is 24.4 Å². The number of thioether (sulfide) groups is 1. The van der Waals surface area contributed by atoms with Crippen LogP contribution in [0.4, 0.5) is 0 Å². The van der Waals surface area contributed by atoms with Crippen molar-refractivity contribution in [1.29, 1.82) is 0 Å². The minimum atomic E-state index is 0.410. The highest BCUT2D eigenvalue weighted by molar-refractivity contribution is 8.14. The molecule has 2 atom stereocenters. The molecule has 3 nitrogen and oxygen atoms in total. The quantitative estimate of drug-likeness (QED) is 0.784. The first-order chi connectivity index (χ1) is 9.94. The first-order valence-corrected chi connectivity index (χ1v) is 9.51. The number of hydrogen-bond acceptors (Lipinski definition) is 4. The van der Waals surface area contributed by atoms with Gasteiger partial charge in [-0.1, -0.05) is 39.0 Å². The highest BCUT2D eigenvalue weighted by Gasteiger charge is 2.24. The molecule has 0 saturated carbocycles. The van der Waals surface area contributed by atoms with Crippen molar-refractivity contribution in [3.05, 3.63) is 0 Å². The van der Waals surface area contributed by atoms with Crippen molar-refractivity contribution in [2.75, 3.05) is 26.2 Å². The molecule has 0 spiro atoms. The molecule has 0 radical (unpaired) electrons. The lowest BCUT2D eigenvalue weighted by atomic mass is 9.90. The third-order valence-electron chi connectivity index (χ3n) is 4.40. The summed E-state index contributed by atoms with van der Waals surface area (Å²) in [5.41, 5.74) is 0.410. The van der Waals surface area contributed by atoms with Gasteiger partial charge in [-0.25, -0.2) is 0 Å². The molecule has 0 aliphatic carbocycles. The summed E-state index contributed by atoms with van der Waals surface area (Å²) in [5.74, 6) is 0. The van der Waals surface area contributed by atoms with E-state index in [1.807, 2.05) is 11.8 Å². The van der Waals surface area contributed by atoms with Gasteiger partial charge in [-0.3, -0.25) is 4.99 Å². The fraction of sp³-hybridized carbons (Fsp3) is 0.941. The van der Waals surface area contributed by atoms with Crippen LogP contribution < -0.4 is 5.32 Å². The van der Waals surface area contributed by atoms with E-state index in [2.05, 4.69) is 42.9 Å². The Hall–Kier alpha value is -0.220. The van der Waals surface area contributed by atoms with E-state index in [0.29, 0.717) is 10.7 Å². The highest BCUT2D eigenvalue weighted by atomic mass is 32.2. The zero-order chi connectivity index (χ0) is 15.3. The van der Waals surface area contributed by atoms with E-state index < -0.39 is 0 Å². The van der Waals surface area contributed by atoms with Gasteiger partial charge in [0.15, 0.2) is 5.17 Å². The second kappa shape index (κ2) is 7.87. The van der Waals surface area contributed by atoms with E-state index in [4.69, 9.17) is 0 Å².